The van der Waals surface area contributed by atoms with Gasteiger partial charge in [0.15, 0.2) is 5.82 Å². The normalized spacial score (nSPS) is 25.1. The Morgan fingerprint density at radius 3 is 2.95 bits per heavy atom. The molecule has 2 aliphatic rings. The molecule has 0 N–H and O–H groups in total. The van der Waals surface area contributed by atoms with Crippen molar-refractivity contribution in [1.82, 2.24) is 25.0 Å². The molecule has 0 saturated carbocycles. The Labute approximate surface area is 114 Å². The van der Waals surface area contributed by atoms with E-state index in [0.717, 1.165) is 18.7 Å². The Morgan fingerprint density at radius 2 is 2.10 bits per heavy atom. The largest absolute Gasteiger partial charge is 0.368 e. The summed E-state index contributed by atoms with van der Waals surface area (Å²) < 4.78 is 20.7. The van der Waals surface area contributed by atoms with Crippen molar-refractivity contribution in [3.8, 4) is 0 Å². The number of aromatic nitrogens is 5. The second-order valence-corrected chi connectivity index (χ2v) is 5.02. The molecule has 1 saturated heterocycles. The maximum atomic E-state index is 12.9. The molecule has 4 heterocycles. The van der Waals surface area contributed by atoms with E-state index in [1.165, 1.54) is 12.4 Å². The van der Waals surface area contributed by atoms with E-state index in [1.807, 2.05) is 9.58 Å². The molecular weight excluding hydrogens is 263 g/mol. The van der Waals surface area contributed by atoms with Crippen LogP contribution in [-0.4, -0.2) is 44.2 Å². The highest BCUT2D eigenvalue weighted by molar-refractivity contribution is 5.30. The number of hydrogen-bond donors (Lipinski definition) is 0. The molecule has 0 spiro atoms. The van der Waals surface area contributed by atoms with E-state index in [4.69, 9.17) is 4.74 Å². The Balaban J connectivity index is 1.55. The van der Waals surface area contributed by atoms with Gasteiger partial charge in [0.1, 0.15) is 0 Å². The molecular formula is C12H13FN6O. The average Bonchev–Trinajstić information content (AvgIpc) is 2.96. The van der Waals surface area contributed by atoms with E-state index >= 15 is 0 Å². The molecule has 7 nitrogen and oxygen atoms in total. The van der Waals surface area contributed by atoms with E-state index in [0.29, 0.717) is 19.1 Å². The topological polar surface area (TPSA) is 69.0 Å². The summed E-state index contributed by atoms with van der Waals surface area (Å²) in [6.45, 7) is 1.98. The van der Waals surface area contributed by atoms with Crippen molar-refractivity contribution in [2.45, 2.75) is 25.2 Å². The molecule has 1 fully saturated rings. The van der Waals surface area contributed by atoms with Gasteiger partial charge >= 0.3 is 0 Å². The highest BCUT2D eigenvalue weighted by atomic mass is 19.1. The molecule has 2 atom stereocenters. The van der Waals surface area contributed by atoms with Crippen LogP contribution >= 0.6 is 0 Å². The molecule has 2 aromatic heterocycles. The van der Waals surface area contributed by atoms with Crippen LogP contribution in [0.15, 0.2) is 18.6 Å². The molecule has 4 rings (SSSR count). The van der Waals surface area contributed by atoms with Crippen molar-refractivity contribution in [2.75, 3.05) is 18.0 Å². The lowest BCUT2D eigenvalue weighted by atomic mass is 10.0. The number of ether oxygens (including phenoxy) is 1. The van der Waals surface area contributed by atoms with Crippen molar-refractivity contribution in [3.63, 3.8) is 0 Å². The predicted octanol–water partition coefficient (Wildman–Crippen LogP) is 0.557. The standard InChI is InChI=1S/C12H13FN6O/c13-8-3-14-12(15-4-8)18-2-1-10-11(6-18)20-7-9-5-16-17-19(9)10/h3-5,10-11H,1-2,6-7H2/t10-,11-/m0/s1. The summed E-state index contributed by atoms with van der Waals surface area (Å²) in [4.78, 5) is 10.1. The summed E-state index contributed by atoms with van der Waals surface area (Å²) >= 11 is 0. The Bertz CT molecular complexity index is 615. The van der Waals surface area contributed by atoms with E-state index in [9.17, 15) is 4.39 Å². The van der Waals surface area contributed by atoms with Crippen LogP contribution in [0.3, 0.4) is 0 Å². The first kappa shape index (κ1) is 11.7. The number of piperidine rings is 1. The van der Waals surface area contributed by atoms with Gasteiger partial charge in [-0.3, -0.25) is 0 Å². The maximum absolute atomic E-state index is 12.9. The number of rotatable bonds is 1. The zero-order chi connectivity index (χ0) is 13.5. The highest BCUT2D eigenvalue weighted by Crippen LogP contribution is 2.31. The van der Waals surface area contributed by atoms with E-state index < -0.39 is 5.82 Å². The van der Waals surface area contributed by atoms with Crippen LogP contribution in [0.4, 0.5) is 10.3 Å². The second kappa shape index (κ2) is 4.48. The van der Waals surface area contributed by atoms with E-state index in [1.54, 1.807) is 6.20 Å². The second-order valence-electron chi connectivity index (χ2n) is 5.02. The molecule has 0 radical (unpaired) electrons. The molecule has 2 aromatic rings. The van der Waals surface area contributed by atoms with Crippen LogP contribution in [0.1, 0.15) is 18.2 Å². The zero-order valence-electron chi connectivity index (χ0n) is 10.7. The van der Waals surface area contributed by atoms with Crippen LogP contribution in [0.2, 0.25) is 0 Å². The molecule has 0 aromatic carbocycles. The van der Waals surface area contributed by atoms with Gasteiger partial charge in [-0.2, -0.15) is 0 Å². The first-order valence-corrected chi connectivity index (χ1v) is 6.54. The van der Waals surface area contributed by atoms with Gasteiger partial charge in [-0.05, 0) is 6.42 Å². The summed E-state index contributed by atoms with van der Waals surface area (Å²) in [6, 6.07) is 0.206. The van der Waals surface area contributed by atoms with E-state index in [2.05, 4.69) is 20.3 Å². The zero-order valence-corrected chi connectivity index (χ0v) is 10.7. The quantitative estimate of drug-likeness (QED) is 0.758. The molecule has 0 aliphatic carbocycles. The molecule has 0 amide bonds. The summed E-state index contributed by atoms with van der Waals surface area (Å²) in [5, 5.41) is 8.07. The monoisotopic (exact) mass is 276 g/mol. The molecule has 0 unspecified atom stereocenters. The van der Waals surface area contributed by atoms with Crippen molar-refractivity contribution >= 4 is 5.95 Å². The van der Waals surface area contributed by atoms with Gasteiger partial charge < -0.3 is 9.64 Å². The predicted molar refractivity (Wildman–Crippen MR) is 66.5 cm³/mol. The lowest BCUT2D eigenvalue weighted by Crippen LogP contribution is -2.49. The average molecular weight is 276 g/mol. The Kier molecular flexibility index (Phi) is 2.62. The summed E-state index contributed by atoms with van der Waals surface area (Å²) in [6.07, 6.45) is 5.02. The fourth-order valence-corrected chi connectivity index (χ4v) is 2.84. The minimum Gasteiger partial charge on any atom is -0.368 e. The summed E-state index contributed by atoms with van der Waals surface area (Å²) in [7, 11) is 0. The minimum absolute atomic E-state index is 0.0339. The smallest absolute Gasteiger partial charge is 0.225 e. The number of halogens is 1. The van der Waals surface area contributed by atoms with Crippen molar-refractivity contribution in [3.05, 3.63) is 30.1 Å². The third-order valence-corrected chi connectivity index (χ3v) is 3.82. The maximum Gasteiger partial charge on any atom is 0.225 e. The van der Waals surface area contributed by atoms with Gasteiger partial charge in [0.2, 0.25) is 5.95 Å². The van der Waals surface area contributed by atoms with Gasteiger partial charge in [-0.15, -0.1) is 5.10 Å². The molecule has 20 heavy (non-hydrogen) atoms. The van der Waals surface area contributed by atoms with Crippen LogP contribution < -0.4 is 4.90 Å². The van der Waals surface area contributed by atoms with Gasteiger partial charge in [0, 0.05) is 13.1 Å². The lowest BCUT2D eigenvalue weighted by molar-refractivity contribution is -0.0336. The highest BCUT2D eigenvalue weighted by Gasteiger charge is 2.36. The van der Waals surface area contributed by atoms with Crippen molar-refractivity contribution < 1.29 is 9.13 Å². The van der Waals surface area contributed by atoms with Gasteiger partial charge in [0.05, 0.1) is 43.0 Å². The van der Waals surface area contributed by atoms with Crippen LogP contribution in [-0.2, 0) is 11.3 Å². The number of hydrogen-bond acceptors (Lipinski definition) is 6. The van der Waals surface area contributed by atoms with Gasteiger partial charge in [0.25, 0.3) is 0 Å². The molecule has 2 aliphatic heterocycles. The van der Waals surface area contributed by atoms with Crippen LogP contribution in [0.5, 0.6) is 0 Å². The fraction of sp³-hybridized carbons (Fsp3) is 0.500. The van der Waals surface area contributed by atoms with Gasteiger partial charge in [-0.1, -0.05) is 5.21 Å². The number of fused-ring (bicyclic) bond motifs is 3. The van der Waals surface area contributed by atoms with Crippen molar-refractivity contribution in [2.24, 2.45) is 0 Å². The van der Waals surface area contributed by atoms with E-state index in [-0.39, 0.29) is 12.1 Å². The minimum atomic E-state index is -0.426. The first-order valence-electron chi connectivity index (χ1n) is 6.54. The Hall–Kier alpha value is -2.09. The third-order valence-electron chi connectivity index (χ3n) is 3.82. The number of nitrogens with zero attached hydrogens (tertiary/aromatic N) is 6. The third kappa shape index (κ3) is 1.83. The first-order chi connectivity index (χ1) is 9.81. The summed E-state index contributed by atoms with van der Waals surface area (Å²) in [5.74, 6) is 0.114. The van der Waals surface area contributed by atoms with Crippen LogP contribution in [0.25, 0.3) is 0 Å². The number of anilines is 1. The van der Waals surface area contributed by atoms with Crippen molar-refractivity contribution in [1.29, 1.82) is 0 Å². The van der Waals surface area contributed by atoms with Gasteiger partial charge in [-0.25, -0.2) is 19.0 Å². The van der Waals surface area contributed by atoms with Crippen LogP contribution in [0, 0.1) is 5.82 Å². The Morgan fingerprint density at radius 1 is 1.25 bits per heavy atom. The fourth-order valence-electron chi connectivity index (χ4n) is 2.84. The molecule has 104 valence electrons. The SMILES string of the molecule is Fc1cnc(N2CC[C@H]3[C@H](C2)OCc2cnnn23)nc1. The summed E-state index contributed by atoms with van der Waals surface area (Å²) in [5.41, 5.74) is 1.01. The molecule has 0 bridgehead atoms. The lowest BCUT2D eigenvalue weighted by Gasteiger charge is -2.40. The molecule has 8 heteroatoms.